The standard InChI is InChI=1S/C11H13BrClNO3/c1-17-6-8(12)5-14-11(16)7-2-3-10(15)9(13)4-7/h2-4,8,15H,5-6H2,1H3,(H,14,16). The van der Waals surface area contributed by atoms with Gasteiger partial charge in [-0.3, -0.25) is 4.79 Å². The molecule has 0 radical (unpaired) electrons. The van der Waals surface area contributed by atoms with E-state index in [-0.39, 0.29) is 21.5 Å². The Morgan fingerprint density at radius 3 is 2.94 bits per heavy atom. The van der Waals surface area contributed by atoms with Crippen molar-refractivity contribution in [3.05, 3.63) is 28.8 Å². The number of hydrogen-bond donors (Lipinski definition) is 2. The number of hydrogen-bond acceptors (Lipinski definition) is 3. The summed E-state index contributed by atoms with van der Waals surface area (Å²) < 4.78 is 4.92. The molecule has 17 heavy (non-hydrogen) atoms. The van der Waals surface area contributed by atoms with Crippen LogP contribution in [0.5, 0.6) is 5.75 Å². The molecule has 0 aliphatic carbocycles. The summed E-state index contributed by atoms with van der Waals surface area (Å²) in [6, 6.07) is 4.32. The number of amides is 1. The molecule has 1 aromatic carbocycles. The number of halogens is 2. The molecular formula is C11H13BrClNO3. The zero-order valence-corrected chi connectivity index (χ0v) is 11.6. The molecule has 0 spiro atoms. The van der Waals surface area contributed by atoms with Gasteiger partial charge in [0.15, 0.2) is 0 Å². The van der Waals surface area contributed by atoms with Gasteiger partial charge >= 0.3 is 0 Å². The molecule has 0 aliphatic heterocycles. The topological polar surface area (TPSA) is 58.6 Å². The maximum Gasteiger partial charge on any atom is 0.251 e. The van der Waals surface area contributed by atoms with Crippen molar-refractivity contribution in [2.75, 3.05) is 20.3 Å². The molecule has 0 saturated heterocycles. The monoisotopic (exact) mass is 321 g/mol. The van der Waals surface area contributed by atoms with Crippen molar-refractivity contribution in [1.82, 2.24) is 5.32 Å². The Morgan fingerprint density at radius 1 is 1.65 bits per heavy atom. The number of benzene rings is 1. The van der Waals surface area contributed by atoms with E-state index < -0.39 is 0 Å². The molecule has 0 aromatic heterocycles. The summed E-state index contributed by atoms with van der Waals surface area (Å²) in [6.45, 7) is 0.960. The number of aromatic hydroxyl groups is 1. The molecule has 2 N–H and O–H groups in total. The molecule has 94 valence electrons. The summed E-state index contributed by atoms with van der Waals surface area (Å²) in [5, 5.41) is 12.1. The lowest BCUT2D eigenvalue weighted by Gasteiger charge is -2.10. The van der Waals surface area contributed by atoms with E-state index >= 15 is 0 Å². The van der Waals surface area contributed by atoms with Crippen LogP contribution in [0.2, 0.25) is 5.02 Å². The van der Waals surface area contributed by atoms with Crippen LogP contribution in [0.4, 0.5) is 0 Å². The number of ether oxygens (including phenoxy) is 1. The first-order valence-electron chi connectivity index (χ1n) is 4.94. The van der Waals surface area contributed by atoms with Gasteiger partial charge in [-0.1, -0.05) is 27.5 Å². The first-order valence-corrected chi connectivity index (χ1v) is 6.23. The van der Waals surface area contributed by atoms with Crippen LogP contribution in [-0.2, 0) is 4.74 Å². The lowest BCUT2D eigenvalue weighted by Crippen LogP contribution is -2.31. The third-order valence-corrected chi connectivity index (χ3v) is 2.93. The highest BCUT2D eigenvalue weighted by molar-refractivity contribution is 9.09. The minimum Gasteiger partial charge on any atom is -0.506 e. The first-order chi connectivity index (χ1) is 8.04. The van der Waals surface area contributed by atoms with E-state index in [2.05, 4.69) is 21.2 Å². The molecule has 4 nitrogen and oxygen atoms in total. The zero-order chi connectivity index (χ0) is 12.8. The molecule has 0 fully saturated rings. The van der Waals surface area contributed by atoms with Crippen LogP contribution in [0.15, 0.2) is 18.2 Å². The summed E-state index contributed by atoms with van der Waals surface area (Å²) in [7, 11) is 1.59. The van der Waals surface area contributed by atoms with Gasteiger partial charge in [0.05, 0.1) is 16.5 Å². The quantitative estimate of drug-likeness (QED) is 0.817. The Bertz CT molecular complexity index is 400. The summed E-state index contributed by atoms with van der Waals surface area (Å²) in [4.78, 5) is 11.8. The third-order valence-electron chi connectivity index (χ3n) is 2.04. The second kappa shape index (κ2) is 6.83. The van der Waals surface area contributed by atoms with Crippen LogP contribution in [0, 0.1) is 0 Å². The van der Waals surface area contributed by atoms with Gasteiger partial charge in [0, 0.05) is 19.2 Å². The molecular weight excluding hydrogens is 309 g/mol. The van der Waals surface area contributed by atoms with Crippen molar-refractivity contribution >= 4 is 33.4 Å². The molecule has 1 aromatic rings. The van der Waals surface area contributed by atoms with Crippen LogP contribution in [0.3, 0.4) is 0 Å². The van der Waals surface area contributed by atoms with Crippen LogP contribution >= 0.6 is 27.5 Å². The molecule has 0 aliphatic rings. The minimum absolute atomic E-state index is 0.0408. The number of phenolic OH excluding ortho intramolecular Hbond substituents is 1. The second-order valence-electron chi connectivity index (χ2n) is 3.43. The Kier molecular flexibility index (Phi) is 5.74. The highest BCUT2D eigenvalue weighted by Gasteiger charge is 2.10. The van der Waals surface area contributed by atoms with Crippen molar-refractivity contribution in [1.29, 1.82) is 0 Å². The summed E-state index contributed by atoms with van der Waals surface area (Å²) in [5.41, 5.74) is 0.407. The highest BCUT2D eigenvalue weighted by atomic mass is 79.9. The number of methoxy groups -OCH3 is 1. The fourth-order valence-corrected chi connectivity index (χ4v) is 1.80. The van der Waals surface area contributed by atoms with Crippen molar-refractivity contribution < 1.29 is 14.6 Å². The molecule has 6 heteroatoms. The lowest BCUT2D eigenvalue weighted by molar-refractivity contribution is 0.0950. The van der Waals surface area contributed by atoms with Gasteiger partial charge in [-0.25, -0.2) is 0 Å². The van der Waals surface area contributed by atoms with Gasteiger partial charge in [-0.15, -0.1) is 0 Å². The maximum absolute atomic E-state index is 11.7. The van der Waals surface area contributed by atoms with Crippen molar-refractivity contribution in [3.63, 3.8) is 0 Å². The van der Waals surface area contributed by atoms with Crippen LogP contribution in [0.1, 0.15) is 10.4 Å². The molecule has 1 amide bonds. The van der Waals surface area contributed by atoms with Crippen LogP contribution in [0.25, 0.3) is 0 Å². The average molecular weight is 323 g/mol. The van der Waals surface area contributed by atoms with Crippen LogP contribution in [-0.4, -0.2) is 36.1 Å². The predicted molar refractivity (Wildman–Crippen MR) is 70.0 cm³/mol. The van der Waals surface area contributed by atoms with Gasteiger partial charge < -0.3 is 15.2 Å². The summed E-state index contributed by atoms with van der Waals surface area (Å²) in [5.74, 6) is -0.284. The predicted octanol–water partition coefficient (Wildman–Crippen LogP) is 2.19. The van der Waals surface area contributed by atoms with Crippen molar-refractivity contribution in [3.8, 4) is 5.75 Å². The molecule has 0 saturated carbocycles. The van der Waals surface area contributed by atoms with Gasteiger partial charge in [0.25, 0.3) is 5.91 Å². The smallest absolute Gasteiger partial charge is 0.251 e. The normalized spacial score (nSPS) is 12.2. The average Bonchev–Trinajstić information content (AvgIpc) is 2.30. The SMILES string of the molecule is COCC(Br)CNC(=O)c1ccc(O)c(Cl)c1. The Morgan fingerprint density at radius 2 is 2.35 bits per heavy atom. The highest BCUT2D eigenvalue weighted by Crippen LogP contribution is 2.23. The Hall–Kier alpha value is -0.780. The first kappa shape index (κ1) is 14.3. The number of carbonyl (C=O) groups is 1. The fraction of sp³-hybridized carbons (Fsp3) is 0.364. The van der Waals surface area contributed by atoms with Crippen molar-refractivity contribution in [2.24, 2.45) is 0 Å². The number of rotatable bonds is 5. The molecule has 1 rings (SSSR count). The Balaban J connectivity index is 2.55. The van der Waals surface area contributed by atoms with E-state index in [0.29, 0.717) is 18.7 Å². The van der Waals surface area contributed by atoms with E-state index in [0.717, 1.165) is 0 Å². The number of phenols is 1. The molecule has 0 heterocycles. The molecule has 1 atom stereocenters. The van der Waals surface area contributed by atoms with E-state index in [4.69, 9.17) is 16.3 Å². The Labute approximate surface area is 113 Å². The minimum atomic E-state index is -0.243. The van der Waals surface area contributed by atoms with Gasteiger partial charge in [0.2, 0.25) is 0 Å². The van der Waals surface area contributed by atoms with E-state index in [9.17, 15) is 9.90 Å². The van der Waals surface area contributed by atoms with Crippen LogP contribution < -0.4 is 5.32 Å². The fourth-order valence-electron chi connectivity index (χ4n) is 1.19. The second-order valence-corrected chi connectivity index (χ2v) is 5.13. The summed E-state index contributed by atoms with van der Waals surface area (Å²) >= 11 is 9.07. The van der Waals surface area contributed by atoms with E-state index in [1.54, 1.807) is 7.11 Å². The maximum atomic E-state index is 11.7. The summed E-state index contributed by atoms with van der Waals surface area (Å²) in [6.07, 6.45) is 0. The van der Waals surface area contributed by atoms with E-state index in [1.807, 2.05) is 0 Å². The molecule has 0 bridgehead atoms. The number of carbonyl (C=O) groups excluding carboxylic acids is 1. The lowest BCUT2D eigenvalue weighted by atomic mass is 10.2. The zero-order valence-electron chi connectivity index (χ0n) is 9.24. The van der Waals surface area contributed by atoms with Gasteiger partial charge in [-0.2, -0.15) is 0 Å². The largest absolute Gasteiger partial charge is 0.506 e. The molecule has 1 unspecified atom stereocenters. The van der Waals surface area contributed by atoms with Gasteiger partial charge in [-0.05, 0) is 18.2 Å². The van der Waals surface area contributed by atoms with Gasteiger partial charge in [0.1, 0.15) is 5.75 Å². The van der Waals surface area contributed by atoms with Crippen molar-refractivity contribution in [2.45, 2.75) is 4.83 Å². The number of alkyl halides is 1. The number of nitrogens with one attached hydrogen (secondary N) is 1. The third kappa shape index (κ3) is 4.53. The van der Waals surface area contributed by atoms with E-state index in [1.165, 1.54) is 18.2 Å².